The van der Waals surface area contributed by atoms with Crippen molar-refractivity contribution in [1.29, 1.82) is 0 Å². The zero-order chi connectivity index (χ0) is 9.84. The van der Waals surface area contributed by atoms with Crippen LogP contribution in [0.25, 0.3) is 0 Å². The fraction of sp³-hybridized carbons (Fsp3) is 0.556. The van der Waals surface area contributed by atoms with Crippen LogP contribution in [0.4, 0.5) is 5.13 Å². The number of amides is 1. The highest BCUT2D eigenvalue weighted by atomic mass is 32.1. The maximum atomic E-state index is 11.4. The quantitative estimate of drug-likeness (QED) is 0.746. The maximum absolute atomic E-state index is 11.4. The van der Waals surface area contributed by atoms with Gasteiger partial charge in [-0.15, -0.1) is 11.3 Å². The van der Waals surface area contributed by atoms with Gasteiger partial charge in [0, 0.05) is 18.8 Å². The molecule has 1 aromatic heterocycles. The summed E-state index contributed by atoms with van der Waals surface area (Å²) in [6, 6.07) is 0. The van der Waals surface area contributed by atoms with Gasteiger partial charge in [-0.25, -0.2) is 4.98 Å². The molecular formula is C9H14N2OS. The Balaban J connectivity index is 2.67. The van der Waals surface area contributed by atoms with E-state index in [0.717, 1.165) is 17.2 Å². The van der Waals surface area contributed by atoms with E-state index < -0.39 is 0 Å². The Morgan fingerprint density at radius 1 is 1.69 bits per heavy atom. The summed E-state index contributed by atoms with van der Waals surface area (Å²) in [5.41, 5.74) is 0.969. The van der Waals surface area contributed by atoms with Gasteiger partial charge in [0.05, 0.1) is 5.69 Å². The third kappa shape index (κ3) is 2.52. The molecule has 0 saturated heterocycles. The van der Waals surface area contributed by atoms with Crippen molar-refractivity contribution in [2.45, 2.75) is 26.7 Å². The van der Waals surface area contributed by atoms with Gasteiger partial charge in [0.1, 0.15) is 0 Å². The largest absolute Gasteiger partial charge is 0.291 e. The first kappa shape index (κ1) is 10.2. The molecule has 1 rings (SSSR count). The van der Waals surface area contributed by atoms with Gasteiger partial charge in [-0.2, -0.15) is 0 Å². The van der Waals surface area contributed by atoms with E-state index >= 15 is 0 Å². The lowest BCUT2D eigenvalue weighted by Gasteiger charge is -2.12. The molecule has 1 amide bonds. The monoisotopic (exact) mass is 198 g/mol. The number of rotatable bonds is 3. The van der Waals surface area contributed by atoms with E-state index in [2.05, 4.69) is 4.98 Å². The Bertz CT molecular complexity index is 296. The number of carbonyl (C=O) groups excluding carboxylic acids is 1. The van der Waals surface area contributed by atoms with Gasteiger partial charge in [0.2, 0.25) is 5.91 Å². The molecule has 0 aliphatic heterocycles. The third-order valence-corrected chi connectivity index (χ3v) is 2.77. The number of thiazole rings is 1. The fourth-order valence-corrected chi connectivity index (χ4v) is 1.77. The van der Waals surface area contributed by atoms with Gasteiger partial charge in [-0.1, -0.05) is 6.92 Å². The zero-order valence-corrected chi connectivity index (χ0v) is 9.02. The smallest absolute Gasteiger partial charge is 0.228 e. The lowest BCUT2D eigenvalue weighted by Crippen LogP contribution is -2.25. The number of anilines is 1. The van der Waals surface area contributed by atoms with Crippen molar-refractivity contribution in [3.05, 3.63) is 11.1 Å². The molecule has 0 bridgehead atoms. The molecule has 0 radical (unpaired) electrons. The average molecular weight is 198 g/mol. The molecule has 72 valence electrons. The molecule has 0 N–H and O–H groups in total. The lowest BCUT2D eigenvalue weighted by atomic mass is 10.3. The molecule has 0 fully saturated rings. The number of hydrogen-bond acceptors (Lipinski definition) is 3. The molecule has 1 aromatic rings. The van der Waals surface area contributed by atoms with E-state index in [0.29, 0.717) is 6.42 Å². The second-order valence-corrected chi connectivity index (χ2v) is 3.81. The number of aromatic nitrogens is 1. The number of carbonyl (C=O) groups is 1. The first-order valence-electron chi connectivity index (χ1n) is 4.33. The van der Waals surface area contributed by atoms with Crippen molar-refractivity contribution in [3.8, 4) is 0 Å². The fourth-order valence-electron chi connectivity index (χ4n) is 0.984. The van der Waals surface area contributed by atoms with Crippen molar-refractivity contribution in [1.82, 2.24) is 4.98 Å². The molecule has 0 aliphatic carbocycles. The second-order valence-electron chi connectivity index (χ2n) is 2.97. The molecule has 1 heterocycles. The maximum Gasteiger partial charge on any atom is 0.228 e. The molecule has 13 heavy (non-hydrogen) atoms. The van der Waals surface area contributed by atoms with Crippen LogP contribution in [-0.4, -0.2) is 17.9 Å². The number of aryl methyl sites for hydroxylation is 1. The van der Waals surface area contributed by atoms with E-state index in [1.54, 1.807) is 11.9 Å². The van der Waals surface area contributed by atoms with Crippen LogP contribution in [0.3, 0.4) is 0 Å². The normalized spacial score (nSPS) is 10.1. The van der Waals surface area contributed by atoms with Gasteiger partial charge in [0.25, 0.3) is 0 Å². The molecule has 3 nitrogen and oxygen atoms in total. The lowest BCUT2D eigenvalue weighted by molar-refractivity contribution is -0.118. The summed E-state index contributed by atoms with van der Waals surface area (Å²) < 4.78 is 0. The first-order chi connectivity index (χ1) is 6.15. The van der Waals surface area contributed by atoms with Crippen molar-refractivity contribution in [2.24, 2.45) is 0 Å². The highest BCUT2D eigenvalue weighted by Gasteiger charge is 2.11. The van der Waals surface area contributed by atoms with E-state index in [1.807, 2.05) is 19.2 Å². The van der Waals surface area contributed by atoms with Crippen molar-refractivity contribution < 1.29 is 4.79 Å². The van der Waals surface area contributed by atoms with Crippen LogP contribution in [0.2, 0.25) is 0 Å². The van der Waals surface area contributed by atoms with Crippen molar-refractivity contribution >= 4 is 22.4 Å². The topological polar surface area (TPSA) is 33.2 Å². The highest BCUT2D eigenvalue weighted by Crippen LogP contribution is 2.19. The van der Waals surface area contributed by atoms with Crippen LogP contribution >= 0.6 is 11.3 Å². The number of hydrogen-bond donors (Lipinski definition) is 0. The first-order valence-corrected chi connectivity index (χ1v) is 5.21. The summed E-state index contributed by atoms with van der Waals surface area (Å²) >= 11 is 1.51. The Hall–Kier alpha value is -0.900. The summed E-state index contributed by atoms with van der Waals surface area (Å²) in [5.74, 6) is 0.136. The van der Waals surface area contributed by atoms with Crippen LogP contribution in [-0.2, 0) is 4.79 Å². The van der Waals surface area contributed by atoms with Gasteiger partial charge in [0.15, 0.2) is 5.13 Å². The van der Waals surface area contributed by atoms with E-state index in [1.165, 1.54) is 11.3 Å². The minimum absolute atomic E-state index is 0.136. The van der Waals surface area contributed by atoms with E-state index in [9.17, 15) is 4.79 Å². The Morgan fingerprint density at radius 2 is 2.38 bits per heavy atom. The second kappa shape index (κ2) is 4.37. The Labute approximate surface area is 82.4 Å². The van der Waals surface area contributed by atoms with Crippen LogP contribution in [0.15, 0.2) is 5.38 Å². The highest BCUT2D eigenvalue weighted by molar-refractivity contribution is 7.14. The molecule has 0 aromatic carbocycles. The minimum atomic E-state index is 0.136. The Morgan fingerprint density at radius 3 is 2.85 bits per heavy atom. The summed E-state index contributed by atoms with van der Waals surface area (Å²) in [6.07, 6.45) is 1.47. The van der Waals surface area contributed by atoms with Gasteiger partial charge >= 0.3 is 0 Å². The van der Waals surface area contributed by atoms with Crippen LogP contribution < -0.4 is 4.90 Å². The molecule has 0 unspecified atom stereocenters. The summed E-state index contributed by atoms with van der Waals surface area (Å²) in [6.45, 7) is 3.93. The van der Waals surface area contributed by atoms with Crippen LogP contribution in [0.1, 0.15) is 25.5 Å². The molecule has 0 aliphatic rings. The van der Waals surface area contributed by atoms with Crippen LogP contribution in [0.5, 0.6) is 0 Å². The molecule has 0 atom stereocenters. The third-order valence-electron chi connectivity index (χ3n) is 1.73. The van der Waals surface area contributed by atoms with E-state index in [4.69, 9.17) is 0 Å². The Kier molecular flexibility index (Phi) is 3.42. The van der Waals surface area contributed by atoms with E-state index in [-0.39, 0.29) is 5.91 Å². The molecule has 4 heteroatoms. The summed E-state index contributed by atoms with van der Waals surface area (Å²) in [7, 11) is 1.77. The predicted octanol–water partition coefficient (Wildman–Crippen LogP) is 2.21. The van der Waals surface area contributed by atoms with Gasteiger partial charge in [-0.05, 0) is 13.3 Å². The predicted molar refractivity (Wildman–Crippen MR) is 55.2 cm³/mol. The molecular weight excluding hydrogens is 184 g/mol. The van der Waals surface area contributed by atoms with Crippen molar-refractivity contribution in [3.63, 3.8) is 0 Å². The average Bonchev–Trinajstić information content (AvgIpc) is 2.51. The zero-order valence-electron chi connectivity index (χ0n) is 8.20. The summed E-state index contributed by atoms with van der Waals surface area (Å²) in [5, 5.41) is 2.74. The molecule has 0 spiro atoms. The summed E-state index contributed by atoms with van der Waals surface area (Å²) in [4.78, 5) is 17.3. The minimum Gasteiger partial charge on any atom is -0.291 e. The van der Waals surface area contributed by atoms with Crippen molar-refractivity contribution in [2.75, 3.05) is 11.9 Å². The van der Waals surface area contributed by atoms with Gasteiger partial charge < -0.3 is 0 Å². The molecule has 0 saturated carbocycles. The van der Waals surface area contributed by atoms with Gasteiger partial charge in [-0.3, -0.25) is 9.69 Å². The number of nitrogens with zero attached hydrogens (tertiary/aromatic N) is 2. The SMILES string of the molecule is CCCC(=O)N(C)c1nc(C)cs1. The standard InChI is InChI=1S/C9H14N2OS/c1-4-5-8(12)11(3)9-10-7(2)6-13-9/h6H,4-5H2,1-3H3. The van der Waals surface area contributed by atoms with Crippen LogP contribution in [0, 0.1) is 6.92 Å².